The lowest BCUT2D eigenvalue weighted by Crippen LogP contribution is -2.42. The van der Waals surface area contributed by atoms with Crippen molar-refractivity contribution < 1.29 is 15.0 Å². The Morgan fingerprint density at radius 1 is 1.47 bits per heavy atom. The molecule has 0 aromatic rings. The predicted molar refractivity (Wildman–Crippen MR) is 54.3 cm³/mol. The van der Waals surface area contributed by atoms with Gasteiger partial charge in [-0.05, 0) is 18.8 Å². The molecule has 5 nitrogen and oxygen atoms in total. The van der Waals surface area contributed by atoms with Crippen molar-refractivity contribution in [3.8, 4) is 0 Å². The molecule has 4 atom stereocenters. The van der Waals surface area contributed by atoms with Gasteiger partial charge in [0.25, 0.3) is 0 Å². The molecule has 0 aromatic heterocycles. The van der Waals surface area contributed by atoms with Crippen LogP contribution in [0, 0.1) is 11.8 Å². The first kappa shape index (κ1) is 10.9. The first-order valence-electron chi connectivity index (χ1n) is 5.46. The van der Waals surface area contributed by atoms with E-state index in [1.165, 1.54) is 0 Å². The van der Waals surface area contributed by atoms with E-state index in [2.05, 4.69) is 4.90 Å². The maximum atomic E-state index is 10.6. The van der Waals surface area contributed by atoms with Crippen LogP contribution in [0.5, 0.6) is 0 Å². The second-order valence-electron chi connectivity index (χ2n) is 4.73. The van der Waals surface area contributed by atoms with E-state index < -0.39 is 12.0 Å². The van der Waals surface area contributed by atoms with Crippen molar-refractivity contribution in [2.45, 2.75) is 25.0 Å². The van der Waals surface area contributed by atoms with E-state index in [4.69, 9.17) is 10.8 Å². The number of carboxylic acid groups (broad SMARTS) is 1. The number of likely N-dealkylation sites (tertiary alicyclic amines) is 1. The fourth-order valence-electron chi connectivity index (χ4n) is 2.83. The van der Waals surface area contributed by atoms with E-state index in [0.29, 0.717) is 18.4 Å². The number of nitrogens with two attached hydrogens (primary N) is 1. The van der Waals surface area contributed by atoms with Gasteiger partial charge in [0, 0.05) is 25.6 Å². The lowest BCUT2D eigenvalue weighted by atomic mass is 10.00. The summed E-state index contributed by atoms with van der Waals surface area (Å²) >= 11 is 0. The molecule has 0 bridgehead atoms. The van der Waals surface area contributed by atoms with Crippen LogP contribution in [-0.4, -0.2) is 52.9 Å². The normalized spacial score (nSPS) is 37.9. The van der Waals surface area contributed by atoms with Gasteiger partial charge in [-0.1, -0.05) is 0 Å². The molecule has 1 saturated heterocycles. The van der Waals surface area contributed by atoms with Crippen molar-refractivity contribution in [3.05, 3.63) is 0 Å². The van der Waals surface area contributed by atoms with E-state index in [1.54, 1.807) is 0 Å². The Hall–Kier alpha value is -0.650. The Labute approximate surface area is 88.9 Å². The van der Waals surface area contributed by atoms with Crippen LogP contribution >= 0.6 is 0 Å². The Kier molecular flexibility index (Phi) is 2.95. The third-order valence-electron chi connectivity index (χ3n) is 3.67. The number of hydrogen-bond donors (Lipinski definition) is 3. The monoisotopic (exact) mass is 214 g/mol. The Morgan fingerprint density at radius 2 is 2.20 bits per heavy atom. The number of carbonyl (C=O) groups is 1. The van der Waals surface area contributed by atoms with Gasteiger partial charge in [0.1, 0.15) is 6.04 Å². The molecular formula is C10H18N2O3. The van der Waals surface area contributed by atoms with Crippen LogP contribution in [0.2, 0.25) is 0 Å². The summed E-state index contributed by atoms with van der Waals surface area (Å²) in [4.78, 5) is 12.7. The van der Waals surface area contributed by atoms with Gasteiger partial charge in [0.15, 0.2) is 0 Å². The molecule has 0 amide bonds. The lowest BCUT2D eigenvalue weighted by Gasteiger charge is -2.19. The predicted octanol–water partition coefficient (Wildman–Crippen LogP) is -0.899. The van der Waals surface area contributed by atoms with Crippen molar-refractivity contribution >= 4 is 5.97 Å². The molecule has 1 aliphatic heterocycles. The molecule has 1 saturated carbocycles. The van der Waals surface area contributed by atoms with Crippen LogP contribution < -0.4 is 5.73 Å². The zero-order chi connectivity index (χ0) is 11.0. The summed E-state index contributed by atoms with van der Waals surface area (Å²) in [7, 11) is 0. The van der Waals surface area contributed by atoms with E-state index in [9.17, 15) is 9.90 Å². The third kappa shape index (κ3) is 2.14. The fraction of sp³-hybridized carbons (Fsp3) is 0.900. The minimum atomic E-state index is -0.951. The van der Waals surface area contributed by atoms with Crippen molar-refractivity contribution in [1.82, 2.24) is 4.90 Å². The molecular weight excluding hydrogens is 196 g/mol. The van der Waals surface area contributed by atoms with Crippen LogP contribution in [0.15, 0.2) is 0 Å². The molecule has 2 rings (SSSR count). The summed E-state index contributed by atoms with van der Waals surface area (Å²) in [6.07, 6.45) is 1.76. The average molecular weight is 214 g/mol. The SMILES string of the molecule is NC(CN1CC2CCC(O)C2C1)C(=O)O. The quantitative estimate of drug-likeness (QED) is 0.567. The number of aliphatic hydroxyl groups is 1. The number of rotatable bonds is 3. The molecule has 0 aromatic carbocycles. The van der Waals surface area contributed by atoms with Crippen LogP contribution in [-0.2, 0) is 4.79 Å². The molecule has 1 heterocycles. The van der Waals surface area contributed by atoms with Crippen molar-refractivity contribution in [1.29, 1.82) is 0 Å². The first-order chi connectivity index (χ1) is 7.08. The molecule has 15 heavy (non-hydrogen) atoms. The average Bonchev–Trinajstić information content (AvgIpc) is 2.69. The molecule has 4 unspecified atom stereocenters. The summed E-state index contributed by atoms with van der Waals surface area (Å²) in [6.45, 7) is 2.09. The highest BCUT2D eigenvalue weighted by molar-refractivity contribution is 5.73. The number of fused-ring (bicyclic) bond motifs is 1. The van der Waals surface area contributed by atoms with Crippen molar-refractivity contribution in [3.63, 3.8) is 0 Å². The maximum Gasteiger partial charge on any atom is 0.321 e. The number of nitrogens with zero attached hydrogens (tertiary/aromatic N) is 1. The first-order valence-corrected chi connectivity index (χ1v) is 5.46. The molecule has 1 aliphatic carbocycles. The summed E-state index contributed by atoms with van der Waals surface area (Å²) < 4.78 is 0. The van der Waals surface area contributed by atoms with Crippen LogP contribution in [0.4, 0.5) is 0 Å². The van der Waals surface area contributed by atoms with E-state index in [0.717, 1.165) is 25.9 Å². The van der Waals surface area contributed by atoms with Crippen LogP contribution in [0.25, 0.3) is 0 Å². The largest absolute Gasteiger partial charge is 0.480 e. The summed E-state index contributed by atoms with van der Waals surface area (Å²) in [6, 6.07) is -0.805. The molecule has 4 N–H and O–H groups in total. The Bertz CT molecular complexity index is 259. The maximum absolute atomic E-state index is 10.6. The topological polar surface area (TPSA) is 86.8 Å². The summed E-state index contributed by atoms with van der Waals surface area (Å²) in [5.74, 6) is -0.0698. The third-order valence-corrected chi connectivity index (χ3v) is 3.67. The number of aliphatic hydroxyl groups excluding tert-OH is 1. The molecule has 2 aliphatic rings. The molecule has 2 fully saturated rings. The fourth-order valence-corrected chi connectivity index (χ4v) is 2.83. The van der Waals surface area contributed by atoms with Gasteiger partial charge in [-0.25, -0.2) is 0 Å². The van der Waals surface area contributed by atoms with Gasteiger partial charge >= 0.3 is 5.97 Å². The van der Waals surface area contributed by atoms with Crippen molar-refractivity contribution in [2.24, 2.45) is 17.6 Å². The van der Waals surface area contributed by atoms with Gasteiger partial charge < -0.3 is 20.8 Å². The molecule has 0 spiro atoms. The zero-order valence-electron chi connectivity index (χ0n) is 8.67. The lowest BCUT2D eigenvalue weighted by molar-refractivity contribution is -0.138. The minimum absolute atomic E-state index is 0.193. The van der Waals surface area contributed by atoms with Crippen molar-refractivity contribution in [2.75, 3.05) is 19.6 Å². The van der Waals surface area contributed by atoms with E-state index in [1.807, 2.05) is 0 Å². The zero-order valence-corrected chi connectivity index (χ0v) is 8.67. The standard InChI is InChI=1S/C10H18N2O3/c11-8(10(14)15)5-12-3-6-1-2-9(13)7(6)4-12/h6-9,13H,1-5,11H2,(H,14,15). The molecule has 86 valence electrons. The van der Waals surface area contributed by atoms with Gasteiger partial charge in [-0.3, -0.25) is 4.79 Å². The highest BCUT2D eigenvalue weighted by atomic mass is 16.4. The molecule has 0 radical (unpaired) electrons. The highest BCUT2D eigenvalue weighted by Gasteiger charge is 2.42. The second-order valence-corrected chi connectivity index (χ2v) is 4.73. The highest BCUT2D eigenvalue weighted by Crippen LogP contribution is 2.37. The number of carboxylic acids is 1. The van der Waals surface area contributed by atoms with Gasteiger partial charge in [-0.2, -0.15) is 0 Å². The van der Waals surface area contributed by atoms with Gasteiger partial charge in [0.05, 0.1) is 6.10 Å². The van der Waals surface area contributed by atoms with E-state index in [-0.39, 0.29) is 6.10 Å². The summed E-state index contributed by atoms with van der Waals surface area (Å²) in [5.41, 5.74) is 5.48. The summed E-state index contributed by atoms with van der Waals surface area (Å²) in [5, 5.41) is 18.4. The van der Waals surface area contributed by atoms with Crippen LogP contribution in [0.3, 0.4) is 0 Å². The van der Waals surface area contributed by atoms with Gasteiger partial charge in [0.2, 0.25) is 0 Å². The van der Waals surface area contributed by atoms with E-state index >= 15 is 0 Å². The number of aliphatic carboxylic acids is 1. The minimum Gasteiger partial charge on any atom is -0.480 e. The smallest absolute Gasteiger partial charge is 0.321 e. The molecule has 5 heteroatoms. The Balaban J connectivity index is 1.86. The second kappa shape index (κ2) is 4.08. The van der Waals surface area contributed by atoms with Crippen LogP contribution in [0.1, 0.15) is 12.8 Å². The Morgan fingerprint density at radius 3 is 2.80 bits per heavy atom. The number of hydrogen-bond acceptors (Lipinski definition) is 4. The van der Waals surface area contributed by atoms with Gasteiger partial charge in [-0.15, -0.1) is 0 Å².